The molecule has 0 radical (unpaired) electrons. The first-order valence-corrected chi connectivity index (χ1v) is 14.9. The lowest BCUT2D eigenvalue weighted by molar-refractivity contribution is -0.118. The van der Waals surface area contributed by atoms with E-state index in [9.17, 15) is 30.6 Å². The molecule has 3 rings (SSSR count). The second-order valence-corrected chi connectivity index (χ2v) is 14.9. The first-order chi connectivity index (χ1) is 16.2. The molecular weight excluding hydrogens is 501 g/mol. The van der Waals surface area contributed by atoms with Crippen molar-refractivity contribution in [2.75, 3.05) is 18.1 Å². The number of sulfonamides is 1. The Labute approximate surface area is 208 Å². The molecular formula is C24H35F3N2O4S2. The summed E-state index contributed by atoms with van der Waals surface area (Å²) in [5.41, 5.74) is 0.0394. The molecule has 11 heteroatoms. The van der Waals surface area contributed by atoms with E-state index in [0.717, 1.165) is 6.07 Å². The Bertz CT molecular complexity index is 1060. The third-order valence-corrected chi connectivity index (χ3v) is 11.1. The Hall–Kier alpha value is -1.46. The number of carbonyl (C=O) groups excluding carboxylic acids is 1. The van der Waals surface area contributed by atoms with Crippen molar-refractivity contribution in [3.05, 3.63) is 35.1 Å². The highest BCUT2D eigenvalue weighted by Gasteiger charge is 2.48. The number of halogens is 3. The van der Waals surface area contributed by atoms with Crippen LogP contribution in [0.5, 0.6) is 0 Å². The Morgan fingerprint density at radius 2 is 1.69 bits per heavy atom. The van der Waals surface area contributed by atoms with E-state index >= 15 is 0 Å². The summed E-state index contributed by atoms with van der Waals surface area (Å²) in [6, 6.07) is 0.965. The highest BCUT2D eigenvalue weighted by molar-refractivity contribution is 7.89. The van der Waals surface area contributed by atoms with Gasteiger partial charge in [0.1, 0.15) is 5.82 Å². The smallest absolute Gasteiger partial charge is 0.216 e. The fourth-order valence-corrected chi connectivity index (χ4v) is 8.43. The number of hydrogen-bond donors (Lipinski definition) is 1. The molecule has 0 aliphatic carbocycles. The zero-order valence-electron chi connectivity index (χ0n) is 20.7. The minimum Gasteiger partial charge on any atom is -0.355 e. The van der Waals surface area contributed by atoms with Crippen LogP contribution < -0.4 is 5.32 Å². The van der Waals surface area contributed by atoms with Crippen molar-refractivity contribution in [2.45, 2.75) is 76.6 Å². The molecule has 1 unspecified atom stereocenters. The molecule has 6 nitrogen and oxygen atoms in total. The molecule has 2 aliphatic rings. The first kappa shape index (κ1) is 28.1. The summed E-state index contributed by atoms with van der Waals surface area (Å²) in [7, 11) is -4.84. The minimum atomic E-state index is -3.58. The van der Waals surface area contributed by atoms with Crippen molar-refractivity contribution in [1.82, 2.24) is 9.62 Å². The van der Waals surface area contributed by atoms with Crippen LogP contribution in [0.1, 0.15) is 58.9 Å². The molecule has 5 atom stereocenters. The number of carbonyl (C=O) groups is 1. The molecule has 1 aromatic rings. The molecule has 2 heterocycles. The molecule has 1 amide bonds. The zero-order valence-corrected chi connectivity index (χ0v) is 22.3. The van der Waals surface area contributed by atoms with Crippen LogP contribution >= 0.6 is 0 Å². The van der Waals surface area contributed by atoms with Gasteiger partial charge < -0.3 is 5.32 Å². The average molecular weight is 537 g/mol. The molecule has 2 bridgehead atoms. The van der Waals surface area contributed by atoms with Crippen LogP contribution in [0.25, 0.3) is 0 Å². The third kappa shape index (κ3) is 6.85. The largest absolute Gasteiger partial charge is 0.355 e. The summed E-state index contributed by atoms with van der Waals surface area (Å²) in [6.45, 7) is 6.93. The van der Waals surface area contributed by atoms with E-state index in [1.165, 1.54) is 6.92 Å². The molecule has 0 saturated carbocycles. The average Bonchev–Trinajstić information content (AvgIpc) is 3.01. The van der Waals surface area contributed by atoms with Crippen LogP contribution in [0.15, 0.2) is 12.1 Å². The van der Waals surface area contributed by atoms with Gasteiger partial charge in [0.25, 0.3) is 0 Å². The summed E-state index contributed by atoms with van der Waals surface area (Å²) in [4.78, 5) is 11.1. The molecule has 1 aromatic carbocycles. The number of amides is 1. The summed E-state index contributed by atoms with van der Waals surface area (Å²) in [6.07, 6.45) is 2.58. The van der Waals surface area contributed by atoms with Crippen molar-refractivity contribution >= 4 is 26.7 Å². The maximum atomic E-state index is 14.5. The van der Waals surface area contributed by atoms with Gasteiger partial charge in [-0.25, -0.2) is 21.6 Å². The summed E-state index contributed by atoms with van der Waals surface area (Å²) >= 11 is 0. The standard InChI is InChI=1S/C24H35F3N2O4S2/c1-15(30)28-7-8-35(32,33)29-19-5-6-20(29)11-16(10-19)18(14-34(31)24(2,3)4)9-17-12-22(26)23(27)13-21(17)25/h12-13,16,18-20H,5-11,14H2,1-4H3,(H,28,30)/t16?,18-,19-,20+,34-/m1/s1. The van der Waals surface area contributed by atoms with Gasteiger partial charge >= 0.3 is 0 Å². The maximum Gasteiger partial charge on any atom is 0.216 e. The van der Waals surface area contributed by atoms with Gasteiger partial charge in [-0.3, -0.25) is 9.00 Å². The minimum absolute atomic E-state index is 0.0342. The van der Waals surface area contributed by atoms with Crippen molar-refractivity contribution < 1.29 is 30.6 Å². The van der Waals surface area contributed by atoms with Crippen molar-refractivity contribution in [3.63, 3.8) is 0 Å². The van der Waals surface area contributed by atoms with Gasteiger partial charge in [-0.2, -0.15) is 4.31 Å². The number of fused-ring (bicyclic) bond motifs is 2. The van der Waals surface area contributed by atoms with E-state index in [0.29, 0.717) is 31.7 Å². The zero-order chi connectivity index (χ0) is 26.1. The molecule has 0 aromatic heterocycles. The van der Waals surface area contributed by atoms with E-state index in [-0.39, 0.29) is 59.9 Å². The van der Waals surface area contributed by atoms with Crippen molar-refractivity contribution in [3.8, 4) is 0 Å². The number of benzene rings is 1. The predicted molar refractivity (Wildman–Crippen MR) is 130 cm³/mol. The molecule has 1 N–H and O–H groups in total. The van der Waals surface area contributed by atoms with Gasteiger partial charge in [0.05, 0.1) is 5.75 Å². The van der Waals surface area contributed by atoms with E-state index in [1.807, 2.05) is 20.8 Å². The van der Waals surface area contributed by atoms with Crippen LogP contribution in [0.3, 0.4) is 0 Å². The Balaban J connectivity index is 1.81. The predicted octanol–water partition coefficient (Wildman–Crippen LogP) is 3.52. The normalized spacial score (nSPS) is 24.8. The third-order valence-electron chi connectivity index (χ3n) is 7.04. The van der Waals surface area contributed by atoms with Crippen LogP contribution in [0, 0.1) is 29.3 Å². The SMILES string of the molecule is CC(=O)NCCS(=O)(=O)N1[C@@H]2CC[C@H]1CC([C@H](Cc1cc(F)c(F)cc1F)C[S@@](=O)C(C)(C)C)C2. The van der Waals surface area contributed by atoms with E-state index in [4.69, 9.17) is 0 Å². The van der Waals surface area contributed by atoms with Crippen LogP contribution in [-0.4, -0.2) is 57.7 Å². The first-order valence-electron chi connectivity index (χ1n) is 12.0. The van der Waals surface area contributed by atoms with Crippen LogP contribution in [-0.2, 0) is 32.0 Å². The molecule has 2 saturated heterocycles. The Kier molecular flexibility index (Phi) is 8.74. The number of hydrogen-bond acceptors (Lipinski definition) is 4. The number of piperidine rings is 1. The van der Waals surface area contributed by atoms with E-state index in [2.05, 4.69) is 5.32 Å². The second-order valence-electron chi connectivity index (χ2n) is 10.7. The number of nitrogens with one attached hydrogen (secondary N) is 1. The van der Waals surface area contributed by atoms with Gasteiger partial charge in [-0.15, -0.1) is 0 Å². The fourth-order valence-electron chi connectivity index (χ4n) is 5.29. The quantitative estimate of drug-likeness (QED) is 0.490. The second kappa shape index (κ2) is 10.9. The van der Waals surface area contributed by atoms with Gasteiger partial charge in [0, 0.05) is 52.9 Å². The van der Waals surface area contributed by atoms with Gasteiger partial charge in [0.15, 0.2) is 11.6 Å². The fraction of sp³-hybridized carbons (Fsp3) is 0.708. The molecule has 2 aliphatic heterocycles. The monoisotopic (exact) mass is 536 g/mol. The number of rotatable bonds is 9. The summed E-state index contributed by atoms with van der Waals surface area (Å²) < 4.78 is 82.0. The lowest BCUT2D eigenvalue weighted by Crippen LogP contribution is -2.50. The molecule has 198 valence electrons. The number of nitrogens with zero attached hydrogens (tertiary/aromatic N) is 1. The molecule has 35 heavy (non-hydrogen) atoms. The lowest BCUT2D eigenvalue weighted by Gasteiger charge is -2.41. The van der Waals surface area contributed by atoms with E-state index in [1.54, 1.807) is 4.31 Å². The summed E-state index contributed by atoms with van der Waals surface area (Å²) in [5, 5.41) is 2.52. The Morgan fingerprint density at radius 1 is 1.11 bits per heavy atom. The van der Waals surface area contributed by atoms with Gasteiger partial charge in [-0.05, 0) is 76.3 Å². The van der Waals surface area contributed by atoms with Crippen molar-refractivity contribution in [2.24, 2.45) is 11.8 Å². The van der Waals surface area contributed by atoms with Gasteiger partial charge in [0.2, 0.25) is 15.9 Å². The molecule has 2 fully saturated rings. The summed E-state index contributed by atoms with van der Waals surface area (Å²) in [5.74, 6) is -3.73. The van der Waals surface area contributed by atoms with Crippen LogP contribution in [0.2, 0.25) is 0 Å². The lowest BCUT2D eigenvalue weighted by atomic mass is 9.79. The van der Waals surface area contributed by atoms with Crippen LogP contribution in [0.4, 0.5) is 13.2 Å². The Morgan fingerprint density at radius 3 is 2.23 bits per heavy atom. The molecule has 0 spiro atoms. The topological polar surface area (TPSA) is 83.6 Å². The maximum absolute atomic E-state index is 14.5. The highest BCUT2D eigenvalue weighted by Crippen LogP contribution is 2.44. The van der Waals surface area contributed by atoms with Crippen molar-refractivity contribution in [1.29, 1.82) is 0 Å². The van der Waals surface area contributed by atoms with Gasteiger partial charge in [-0.1, -0.05) is 0 Å². The highest BCUT2D eigenvalue weighted by atomic mass is 32.2. The van der Waals surface area contributed by atoms with E-state index < -0.39 is 43.0 Å².